The summed E-state index contributed by atoms with van der Waals surface area (Å²) in [7, 11) is 0. The summed E-state index contributed by atoms with van der Waals surface area (Å²) in [6, 6.07) is 7.68. The molecule has 0 radical (unpaired) electrons. The highest BCUT2D eigenvalue weighted by Gasteiger charge is 2.05. The number of benzene rings is 1. The number of alkyl halides is 1. The van der Waals surface area contributed by atoms with E-state index in [1.165, 1.54) is 5.56 Å². The summed E-state index contributed by atoms with van der Waals surface area (Å²) in [6.07, 6.45) is 0.343. The zero-order chi connectivity index (χ0) is 10.6. The fourth-order valence-corrected chi connectivity index (χ4v) is 1.24. The van der Waals surface area contributed by atoms with Gasteiger partial charge in [0, 0.05) is 17.5 Å². The van der Waals surface area contributed by atoms with E-state index in [1.54, 1.807) is 6.92 Å². The zero-order valence-electron chi connectivity index (χ0n) is 8.38. The molecule has 1 rings (SSSR count). The van der Waals surface area contributed by atoms with Crippen molar-refractivity contribution in [3.63, 3.8) is 0 Å². The van der Waals surface area contributed by atoms with E-state index in [9.17, 15) is 4.79 Å². The van der Waals surface area contributed by atoms with E-state index in [-0.39, 0.29) is 11.3 Å². The summed E-state index contributed by atoms with van der Waals surface area (Å²) < 4.78 is 0. The molecule has 3 heteroatoms. The summed E-state index contributed by atoms with van der Waals surface area (Å²) in [4.78, 5) is 11.3. The third-order valence-electron chi connectivity index (χ3n) is 1.80. The molecule has 0 aliphatic carbocycles. The predicted molar refractivity (Wildman–Crippen MR) is 59.7 cm³/mol. The van der Waals surface area contributed by atoms with Gasteiger partial charge >= 0.3 is 0 Å². The average Bonchev–Trinajstić information content (AvgIpc) is 2.07. The molecule has 1 N–H and O–H groups in total. The Morgan fingerprint density at radius 3 is 2.50 bits per heavy atom. The van der Waals surface area contributed by atoms with Crippen LogP contribution in [0.4, 0.5) is 5.69 Å². The van der Waals surface area contributed by atoms with E-state index >= 15 is 0 Å². The lowest BCUT2D eigenvalue weighted by Crippen LogP contribution is -2.14. The summed E-state index contributed by atoms with van der Waals surface area (Å²) >= 11 is 5.70. The van der Waals surface area contributed by atoms with Crippen LogP contribution in [0.1, 0.15) is 18.9 Å². The van der Waals surface area contributed by atoms with Crippen LogP contribution in [0.3, 0.4) is 0 Å². The van der Waals surface area contributed by atoms with E-state index < -0.39 is 0 Å². The molecule has 14 heavy (non-hydrogen) atoms. The van der Waals surface area contributed by atoms with Gasteiger partial charge in [-0.15, -0.1) is 11.6 Å². The minimum absolute atomic E-state index is 0.0450. The molecule has 0 aromatic heterocycles. The van der Waals surface area contributed by atoms with Crippen molar-refractivity contribution in [2.24, 2.45) is 0 Å². The summed E-state index contributed by atoms with van der Waals surface area (Å²) in [5.41, 5.74) is 1.99. The Hall–Kier alpha value is -1.02. The quantitative estimate of drug-likeness (QED) is 0.766. The highest BCUT2D eigenvalue weighted by Crippen LogP contribution is 2.10. The lowest BCUT2D eigenvalue weighted by molar-refractivity contribution is -0.116. The van der Waals surface area contributed by atoms with Crippen LogP contribution in [0.25, 0.3) is 0 Å². The summed E-state index contributed by atoms with van der Waals surface area (Å²) in [6.45, 7) is 3.81. The van der Waals surface area contributed by atoms with Crippen molar-refractivity contribution < 1.29 is 4.79 Å². The third kappa shape index (κ3) is 3.79. The average molecular weight is 212 g/mol. The monoisotopic (exact) mass is 211 g/mol. The van der Waals surface area contributed by atoms with E-state index in [4.69, 9.17) is 11.6 Å². The molecule has 0 fully saturated rings. The van der Waals surface area contributed by atoms with Crippen LogP contribution in [-0.2, 0) is 4.79 Å². The van der Waals surface area contributed by atoms with E-state index in [0.717, 1.165) is 5.69 Å². The molecule has 1 unspecified atom stereocenters. The largest absolute Gasteiger partial charge is 0.326 e. The summed E-state index contributed by atoms with van der Waals surface area (Å²) in [5, 5.41) is 2.65. The van der Waals surface area contributed by atoms with Gasteiger partial charge in [-0.1, -0.05) is 17.7 Å². The van der Waals surface area contributed by atoms with Crippen molar-refractivity contribution >= 4 is 23.2 Å². The second-order valence-electron chi connectivity index (χ2n) is 3.40. The summed E-state index contributed by atoms with van der Waals surface area (Å²) in [5.74, 6) is -0.0450. The molecule has 2 nitrogen and oxygen atoms in total. The van der Waals surface area contributed by atoms with Crippen molar-refractivity contribution in [2.75, 3.05) is 5.32 Å². The van der Waals surface area contributed by atoms with Gasteiger partial charge in [-0.25, -0.2) is 0 Å². The van der Waals surface area contributed by atoms with Crippen LogP contribution in [-0.4, -0.2) is 11.3 Å². The van der Waals surface area contributed by atoms with Crippen LogP contribution in [0.2, 0.25) is 0 Å². The number of carbonyl (C=O) groups is 1. The Bertz CT molecular complexity index is 306. The zero-order valence-corrected chi connectivity index (χ0v) is 9.14. The number of halogens is 1. The van der Waals surface area contributed by atoms with Crippen molar-refractivity contribution in [3.8, 4) is 0 Å². The molecule has 1 amide bonds. The topological polar surface area (TPSA) is 29.1 Å². The number of rotatable bonds is 3. The third-order valence-corrected chi connectivity index (χ3v) is 1.96. The van der Waals surface area contributed by atoms with Crippen molar-refractivity contribution in [1.82, 2.24) is 0 Å². The molecule has 0 spiro atoms. The number of nitrogens with one attached hydrogen (secondary N) is 1. The lowest BCUT2D eigenvalue weighted by Gasteiger charge is -2.06. The minimum Gasteiger partial charge on any atom is -0.326 e. The van der Waals surface area contributed by atoms with Crippen LogP contribution in [0, 0.1) is 6.92 Å². The molecule has 0 saturated carbocycles. The van der Waals surface area contributed by atoms with Gasteiger partial charge < -0.3 is 5.32 Å². The van der Waals surface area contributed by atoms with Crippen molar-refractivity contribution in [1.29, 1.82) is 0 Å². The molecule has 76 valence electrons. The first-order chi connectivity index (χ1) is 6.58. The molecule has 1 aromatic rings. The molecule has 0 bridgehead atoms. The number of aryl methyl sites for hydroxylation is 1. The second kappa shape index (κ2) is 5.01. The maximum Gasteiger partial charge on any atom is 0.225 e. The number of hydrogen-bond acceptors (Lipinski definition) is 1. The standard InChI is InChI=1S/C11H14ClNO/c1-8-3-5-10(6-4-8)13-11(14)7-9(2)12/h3-6,9H,7H2,1-2H3,(H,13,14). The predicted octanol–water partition coefficient (Wildman–Crippen LogP) is 2.95. The fraction of sp³-hybridized carbons (Fsp3) is 0.364. The normalized spacial score (nSPS) is 12.2. The molecular formula is C11H14ClNO. The molecule has 1 aromatic carbocycles. The Labute approximate surface area is 89.3 Å². The van der Waals surface area contributed by atoms with Gasteiger partial charge in [-0.05, 0) is 26.0 Å². The SMILES string of the molecule is Cc1ccc(NC(=O)CC(C)Cl)cc1. The number of anilines is 1. The van der Waals surface area contributed by atoms with Crippen LogP contribution < -0.4 is 5.32 Å². The molecular weight excluding hydrogens is 198 g/mol. The molecule has 1 atom stereocenters. The smallest absolute Gasteiger partial charge is 0.225 e. The molecule has 0 aliphatic heterocycles. The molecule has 0 aliphatic rings. The van der Waals surface area contributed by atoms with Crippen molar-refractivity contribution in [2.45, 2.75) is 25.6 Å². The van der Waals surface area contributed by atoms with E-state index in [0.29, 0.717) is 6.42 Å². The number of hydrogen-bond donors (Lipinski definition) is 1. The van der Waals surface area contributed by atoms with Gasteiger partial charge in [-0.3, -0.25) is 4.79 Å². The minimum atomic E-state index is -0.125. The second-order valence-corrected chi connectivity index (χ2v) is 4.14. The first-order valence-electron chi connectivity index (χ1n) is 4.58. The first kappa shape index (κ1) is 11.1. The van der Waals surface area contributed by atoms with E-state index in [1.807, 2.05) is 31.2 Å². The van der Waals surface area contributed by atoms with Gasteiger partial charge in [0.25, 0.3) is 0 Å². The maximum atomic E-state index is 11.3. The Balaban J connectivity index is 2.52. The molecule has 0 saturated heterocycles. The highest BCUT2D eigenvalue weighted by atomic mass is 35.5. The Morgan fingerprint density at radius 1 is 1.43 bits per heavy atom. The van der Waals surface area contributed by atoms with Crippen LogP contribution in [0.15, 0.2) is 24.3 Å². The number of carbonyl (C=O) groups excluding carboxylic acids is 1. The first-order valence-corrected chi connectivity index (χ1v) is 5.02. The Morgan fingerprint density at radius 2 is 2.00 bits per heavy atom. The Kier molecular flexibility index (Phi) is 3.96. The lowest BCUT2D eigenvalue weighted by atomic mass is 10.2. The van der Waals surface area contributed by atoms with Crippen molar-refractivity contribution in [3.05, 3.63) is 29.8 Å². The van der Waals surface area contributed by atoms with Gasteiger partial charge in [0.1, 0.15) is 0 Å². The van der Waals surface area contributed by atoms with E-state index in [2.05, 4.69) is 5.32 Å². The highest BCUT2D eigenvalue weighted by molar-refractivity contribution is 6.21. The van der Waals surface area contributed by atoms with Crippen LogP contribution >= 0.6 is 11.6 Å². The van der Waals surface area contributed by atoms with Gasteiger partial charge in [0.15, 0.2) is 0 Å². The van der Waals surface area contributed by atoms with Gasteiger partial charge in [0.05, 0.1) is 0 Å². The maximum absolute atomic E-state index is 11.3. The van der Waals surface area contributed by atoms with Gasteiger partial charge in [-0.2, -0.15) is 0 Å². The number of amides is 1. The fourth-order valence-electron chi connectivity index (χ4n) is 1.10. The van der Waals surface area contributed by atoms with Crippen LogP contribution in [0.5, 0.6) is 0 Å². The van der Waals surface area contributed by atoms with Gasteiger partial charge in [0.2, 0.25) is 5.91 Å². The molecule has 0 heterocycles.